The van der Waals surface area contributed by atoms with Gasteiger partial charge in [-0.25, -0.2) is 0 Å². The van der Waals surface area contributed by atoms with Gasteiger partial charge in [-0.3, -0.25) is 0 Å². The highest BCUT2D eigenvalue weighted by Gasteiger charge is 2.20. The largest absolute Gasteiger partial charge is 0.493 e. The van der Waals surface area contributed by atoms with Gasteiger partial charge in [-0.1, -0.05) is 38.5 Å². The summed E-state index contributed by atoms with van der Waals surface area (Å²) in [5.74, 6) is 0.971. The standard InChI is InChI=1S/C17H26O3/c1-13-6-7-15(14(12-13)17(2,3)4)18-11-8-16-19-9-5-10-20-16/h6-7,12,16H,5,8-11H2,1-4H3. The van der Waals surface area contributed by atoms with E-state index in [1.165, 1.54) is 11.1 Å². The molecule has 1 aliphatic heterocycles. The fraction of sp³-hybridized carbons (Fsp3) is 0.647. The van der Waals surface area contributed by atoms with Crippen molar-refractivity contribution in [1.82, 2.24) is 0 Å². The predicted molar refractivity (Wildman–Crippen MR) is 80.3 cm³/mol. The summed E-state index contributed by atoms with van der Waals surface area (Å²) in [5.41, 5.74) is 2.60. The van der Waals surface area contributed by atoms with E-state index in [4.69, 9.17) is 14.2 Å². The second-order valence-electron chi connectivity index (χ2n) is 6.41. The highest BCUT2D eigenvalue weighted by molar-refractivity contribution is 5.41. The van der Waals surface area contributed by atoms with Crippen LogP contribution in [-0.2, 0) is 14.9 Å². The number of hydrogen-bond donors (Lipinski definition) is 0. The minimum absolute atomic E-state index is 0.0825. The lowest BCUT2D eigenvalue weighted by atomic mass is 9.85. The minimum Gasteiger partial charge on any atom is -0.493 e. The zero-order valence-electron chi connectivity index (χ0n) is 13.1. The van der Waals surface area contributed by atoms with Gasteiger partial charge in [-0.2, -0.15) is 0 Å². The molecule has 1 aromatic carbocycles. The third-order valence-electron chi connectivity index (χ3n) is 3.45. The fourth-order valence-electron chi connectivity index (χ4n) is 2.32. The molecule has 0 unspecified atom stereocenters. The Morgan fingerprint density at radius 3 is 2.55 bits per heavy atom. The van der Waals surface area contributed by atoms with Crippen LogP contribution in [0.5, 0.6) is 5.75 Å². The van der Waals surface area contributed by atoms with Crippen molar-refractivity contribution in [3.63, 3.8) is 0 Å². The summed E-state index contributed by atoms with van der Waals surface area (Å²) in [6.07, 6.45) is 1.66. The maximum atomic E-state index is 5.96. The van der Waals surface area contributed by atoms with Gasteiger partial charge in [0.15, 0.2) is 6.29 Å². The van der Waals surface area contributed by atoms with Gasteiger partial charge >= 0.3 is 0 Å². The molecule has 0 N–H and O–H groups in total. The van der Waals surface area contributed by atoms with E-state index in [9.17, 15) is 0 Å². The highest BCUT2D eigenvalue weighted by Crippen LogP contribution is 2.32. The average molecular weight is 278 g/mol. The first-order chi connectivity index (χ1) is 9.47. The summed E-state index contributed by atoms with van der Waals surface area (Å²) >= 11 is 0. The van der Waals surface area contributed by atoms with Crippen molar-refractivity contribution in [2.75, 3.05) is 19.8 Å². The Hall–Kier alpha value is -1.06. The maximum absolute atomic E-state index is 5.96. The van der Waals surface area contributed by atoms with E-state index >= 15 is 0 Å². The second kappa shape index (κ2) is 6.59. The van der Waals surface area contributed by atoms with Crippen LogP contribution in [0.3, 0.4) is 0 Å². The minimum atomic E-state index is -0.104. The number of hydrogen-bond acceptors (Lipinski definition) is 3. The quantitative estimate of drug-likeness (QED) is 0.838. The number of aryl methyl sites for hydroxylation is 1. The lowest BCUT2D eigenvalue weighted by Crippen LogP contribution is -2.26. The van der Waals surface area contributed by atoms with Gasteiger partial charge in [-0.15, -0.1) is 0 Å². The monoisotopic (exact) mass is 278 g/mol. The topological polar surface area (TPSA) is 27.7 Å². The van der Waals surface area contributed by atoms with Gasteiger partial charge in [0.1, 0.15) is 5.75 Å². The van der Waals surface area contributed by atoms with Crippen LogP contribution in [-0.4, -0.2) is 26.1 Å². The molecule has 20 heavy (non-hydrogen) atoms. The van der Waals surface area contributed by atoms with Gasteiger partial charge in [0, 0.05) is 6.42 Å². The van der Waals surface area contributed by atoms with Gasteiger partial charge in [0.25, 0.3) is 0 Å². The molecular formula is C17H26O3. The van der Waals surface area contributed by atoms with E-state index in [-0.39, 0.29) is 11.7 Å². The van der Waals surface area contributed by atoms with Gasteiger partial charge in [0.2, 0.25) is 0 Å². The average Bonchev–Trinajstić information content (AvgIpc) is 2.40. The Labute approximate surface area is 122 Å². The van der Waals surface area contributed by atoms with E-state index in [0.29, 0.717) is 6.61 Å². The molecule has 0 radical (unpaired) electrons. The molecule has 3 nitrogen and oxygen atoms in total. The van der Waals surface area contributed by atoms with Crippen LogP contribution < -0.4 is 4.74 Å². The summed E-state index contributed by atoms with van der Waals surface area (Å²) in [6, 6.07) is 6.37. The number of benzene rings is 1. The van der Waals surface area contributed by atoms with E-state index in [1.54, 1.807) is 0 Å². The molecule has 1 heterocycles. The zero-order chi connectivity index (χ0) is 14.6. The molecule has 1 fully saturated rings. The third-order valence-corrected chi connectivity index (χ3v) is 3.45. The van der Waals surface area contributed by atoms with Crippen molar-refractivity contribution in [2.24, 2.45) is 0 Å². The van der Waals surface area contributed by atoms with E-state index in [0.717, 1.165) is 31.8 Å². The Bertz CT molecular complexity index is 428. The SMILES string of the molecule is Cc1ccc(OCCC2OCCCO2)c(C(C)(C)C)c1. The first kappa shape index (κ1) is 15.3. The molecule has 0 amide bonds. The van der Waals surface area contributed by atoms with Crippen molar-refractivity contribution in [1.29, 1.82) is 0 Å². The molecular weight excluding hydrogens is 252 g/mol. The van der Waals surface area contributed by atoms with Gasteiger partial charge < -0.3 is 14.2 Å². The molecule has 3 heteroatoms. The summed E-state index contributed by atoms with van der Waals surface area (Å²) in [6.45, 7) is 11.0. The van der Waals surface area contributed by atoms with Crippen molar-refractivity contribution >= 4 is 0 Å². The van der Waals surface area contributed by atoms with Crippen LogP contribution in [0.15, 0.2) is 18.2 Å². The second-order valence-corrected chi connectivity index (χ2v) is 6.41. The molecule has 0 bridgehead atoms. The van der Waals surface area contributed by atoms with Gasteiger partial charge in [0.05, 0.1) is 19.8 Å². The third kappa shape index (κ3) is 4.22. The molecule has 2 rings (SSSR count). The van der Waals surface area contributed by atoms with Crippen LogP contribution in [0.2, 0.25) is 0 Å². The first-order valence-corrected chi connectivity index (χ1v) is 7.44. The van der Waals surface area contributed by atoms with Crippen molar-refractivity contribution in [3.8, 4) is 5.75 Å². The molecule has 0 saturated carbocycles. The zero-order valence-corrected chi connectivity index (χ0v) is 13.1. The molecule has 0 aromatic heterocycles. The van der Waals surface area contributed by atoms with Crippen LogP contribution in [0.25, 0.3) is 0 Å². The lowest BCUT2D eigenvalue weighted by molar-refractivity contribution is -0.183. The molecule has 0 atom stereocenters. The Kier molecular flexibility index (Phi) is 5.06. The predicted octanol–water partition coefficient (Wildman–Crippen LogP) is 3.82. The van der Waals surface area contributed by atoms with Crippen molar-refractivity contribution < 1.29 is 14.2 Å². The lowest BCUT2D eigenvalue weighted by Gasteiger charge is -2.25. The fourth-order valence-corrected chi connectivity index (χ4v) is 2.32. The van der Waals surface area contributed by atoms with Crippen LogP contribution in [0.1, 0.15) is 44.7 Å². The molecule has 1 aromatic rings. The van der Waals surface area contributed by atoms with Crippen molar-refractivity contribution in [3.05, 3.63) is 29.3 Å². The Balaban J connectivity index is 1.95. The summed E-state index contributed by atoms with van der Waals surface area (Å²) in [7, 11) is 0. The maximum Gasteiger partial charge on any atom is 0.160 e. The molecule has 0 aliphatic carbocycles. The summed E-state index contributed by atoms with van der Waals surface area (Å²) < 4.78 is 17.0. The first-order valence-electron chi connectivity index (χ1n) is 7.44. The van der Waals surface area contributed by atoms with Crippen LogP contribution >= 0.6 is 0 Å². The molecule has 1 saturated heterocycles. The van der Waals surface area contributed by atoms with E-state index in [1.807, 2.05) is 0 Å². The molecule has 1 aliphatic rings. The molecule has 112 valence electrons. The Morgan fingerprint density at radius 1 is 1.20 bits per heavy atom. The van der Waals surface area contributed by atoms with Crippen LogP contribution in [0.4, 0.5) is 0 Å². The summed E-state index contributed by atoms with van der Waals surface area (Å²) in [4.78, 5) is 0. The summed E-state index contributed by atoms with van der Waals surface area (Å²) in [5, 5.41) is 0. The van der Waals surface area contributed by atoms with Crippen molar-refractivity contribution in [2.45, 2.75) is 52.2 Å². The van der Waals surface area contributed by atoms with Gasteiger partial charge in [-0.05, 0) is 30.4 Å². The Morgan fingerprint density at radius 2 is 1.90 bits per heavy atom. The number of ether oxygens (including phenoxy) is 3. The van der Waals surface area contributed by atoms with E-state index < -0.39 is 0 Å². The van der Waals surface area contributed by atoms with Crippen LogP contribution in [0, 0.1) is 6.92 Å². The van der Waals surface area contributed by atoms with E-state index in [2.05, 4.69) is 45.9 Å². The normalized spacial score (nSPS) is 17.2. The number of rotatable bonds is 4. The smallest absolute Gasteiger partial charge is 0.160 e. The highest BCUT2D eigenvalue weighted by atomic mass is 16.7. The molecule has 0 spiro atoms.